The Morgan fingerprint density at radius 3 is 0.811 bits per heavy atom. The van der Waals surface area contributed by atoms with Crippen LogP contribution in [-0.2, 0) is 0 Å². The second-order valence-corrected chi connectivity index (χ2v) is 38.1. The van der Waals surface area contributed by atoms with Gasteiger partial charge in [-0.25, -0.2) is 0 Å². The number of ether oxygens (including phenoxy) is 4. The second-order valence-electron chi connectivity index (χ2n) is 7.51. The molecule has 192 valence electrons. The Balaban J connectivity index is 1.91. The topological polar surface area (TPSA) is 36.9 Å². The van der Waals surface area contributed by atoms with Crippen molar-refractivity contribution in [1.29, 1.82) is 0 Å². The summed E-state index contributed by atoms with van der Waals surface area (Å²) in [5.41, 5.74) is 0. The van der Waals surface area contributed by atoms with Crippen molar-refractivity contribution < 1.29 is 18.9 Å². The van der Waals surface area contributed by atoms with Crippen molar-refractivity contribution in [3.05, 3.63) is 97.1 Å². The third-order valence-corrected chi connectivity index (χ3v) is 35.9. The van der Waals surface area contributed by atoms with E-state index in [0.717, 1.165) is 42.6 Å². The van der Waals surface area contributed by atoms with Crippen molar-refractivity contribution in [2.75, 3.05) is 28.4 Å². The Morgan fingerprint density at radius 1 is 0.378 bits per heavy atom. The van der Waals surface area contributed by atoms with E-state index < -0.39 is 8.70 Å². The minimum absolute atomic E-state index is 0.865. The zero-order valence-electron chi connectivity index (χ0n) is 21.0. The molecule has 0 radical (unpaired) electrons. The number of benzene rings is 4. The molecule has 9 heteroatoms. The van der Waals surface area contributed by atoms with Crippen molar-refractivity contribution in [3.8, 4) is 23.0 Å². The molecule has 0 bridgehead atoms. The summed E-state index contributed by atoms with van der Waals surface area (Å²) in [6, 6.07) is 32.9. The molecule has 0 aromatic heterocycles. The Kier molecular flexibility index (Phi) is 10.4. The molecule has 37 heavy (non-hydrogen) atoms. The van der Waals surface area contributed by atoms with Crippen LogP contribution in [0.5, 0.6) is 23.0 Å². The molecular formula is C28H28GeO4S4. The van der Waals surface area contributed by atoms with Gasteiger partial charge in [-0.15, -0.1) is 0 Å². The molecule has 0 aliphatic carbocycles. The molecule has 0 heterocycles. The molecule has 4 rings (SSSR count). The van der Waals surface area contributed by atoms with Crippen molar-refractivity contribution >= 4 is 49.0 Å². The van der Waals surface area contributed by atoms with Crippen LogP contribution in [0, 0.1) is 0 Å². The molecular weight excluding hydrogens is 601 g/mol. The van der Waals surface area contributed by atoms with Crippen LogP contribution in [0.15, 0.2) is 117 Å². The first-order chi connectivity index (χ1) is 18.1. The molecule has 0 spiro atoms. The van der Waals surface area contributed by atoms with Crippen LogP contribution < -0.4 is 18.9 Å². The predicted octanol–water partition coefficient (Wildman–Crippen LogP) is 8.63. The average Bonchev–Trinajstić information content (AvgIpc) is 2.94. The van der Waals surface area contributed by atoms with Crippen LogP contribution in [-0.4, -0.2) is 37.1 Å². The summed E-state index contributed by atoms with van der Waals surface area (Å²) in [7, 11) is 11.2. The van der Waals surface area contributed by atoms with Crippen LogP contribution in [0.3, 0.4) is 0 Å². The van der Waals surface area contributed by atoms with E-state index in [1.165, 1.54) is 0 Å². The van der Waals surface area contributed by atoms with Crippen LogP contribution in [0.25, 0.3) is 0 Å². The second kappa shape index (κ2) is 13.7. The summed E-state index contributed by atoms with van der Waals surface area (Å²) in [5.74, 6) is 3.46. The van der Waals surface area contributed by atoms with E-state index in [4.69, 9.17) is 18.9 Å². The van der Waals surface area contributed by atoms with Gasteiger partial charge in [0.25, 0.3) is 0 Å². The zero-order valence-corrected chi connectivity index (χ0v) is 26.4. The standard InChI is InChI=1S/C28H28GeO4S4/c1-30-21-13-5-9-17-25(21)34-29(35-26-18-10-6-14-22(26)31-2,36-27-19-11-7-15-23(27)32-3)37-28-20-12-8-16-24(28)33-4/h5-20H,1-4H3. The molecule has 0 fully saturated rings. The van der Waals surface area contributed by atoms with Gasteiger partial charge in [0.05, 0.1) is 0 Å². The molecule has 0 saturated carbocycles. The van der Waals surface area contributed by atoms with Crippen molar-refractivity contribution in [2.45, 2.75) is 19.6 Å². The SMILES string of the molecule is COc1ccccc1[S][Ge]([S]c1ccccc1OC)([S]c1ccccc1OC)[S]c1ccccc1OC. The minimum atomic E-state index is -3.31. The summed E-state index contributed by atoms with van der Waals surface area (Å²) >= 11 is 0. The van der Waals surface area contributed by atoms with Crippen molar-refractivity contribution in [2.24, 2.45) is 0 Å². The molecule has 0 aliphatic heterocycles. The van der Waals surface area contributed by atoms with E-state index >= 15 is 0 Å². The van der Waals surface area contributed by atoms with Gasteiger partial charge in [0, 0.05) is 0 Å². The number of hydrogen-bond donors (Lipinski definition) is 0. The summed E-state index contributed by atoms with van der Waals surface area (Å²) in [6.45, 7) is 0. The molecule has 0 unspecified atom stereocenters. The summed E-state index contributed by atoms with van der Waals surface area (Å²) in [4.78, 5) is 4.43. The third kappa shape index (κ3) is 7.12. The normalized spacial score (nSPS) is 11.1. The van der Waals surface area contributed by atoms with E-state index in [-0.39, 0.29) is 0 Å². The number of rotatable bonds is 12. The van der Waals surface area contributed by atoms with Gasteiger partial charge in [-0.1, -0.05) is 0 Å². The molecule has 0 saturated heterocycles. The Bertz CT molecular complexity index is 1120. The van der Waals surface area contributed by atoms with E-state index in [0.29, 0.717) is 0 Å². The molecule has 0 aliphatic rings. The molecule has 0 amide bonds. The van der Waals surface area contributed by atoms with E-state index in [1.54, 1.807) is 28.4 Å². The molecule has 4 aromatic carbocycles. The van der Waals surface area contributed by atoms with Crippen molar-refractivity contribution in [3.63, 3.8) is 0 Å². The molecule has 4 nitrogen and oxygen atoms in total. The van der Waals surface area contributed by atoms with Gasteiger partial charge in [0.2, 0.25) is 0 Å². The van der Waals surface area contributed by atoms with E-state index in [9.17, 15) is 0 Å². The van der Waals surface area contributed by atoms with Gasteiger partial charge in [-0.3, -0.25) is 0 Å². The third-order valence-electron chi connectivity index (χ3n) is 5.22. The maximum atomic E-state index is 5.78. The quantitative estimate of drug-likeness (QED) is 0.144. The fraction of sp³-hybridized carbons (Fsp3) is 0.143. The molecule has 4 aromatic rings. The van der Waals surface area contributed by atoms with E-state index in [1.807, 2.05) is 88.9 Å². The summed E-state index contributed by atoms with van der Waals surface area (Å²) < 4.78 is 23.1. The number of hydrogen-bond acceptors (Lipinski definition) is 8. The fourth-order valence-electron chi connectivity index (χ4n) is 3.48. The predicted molar refractivity (Wildman–Crippen MR) is 161 cm³/mol. The Hall–Kier alpha value is -1.98. The van der Waals surface area contributed by atoms with Crippen LogP contribution in [0.1, 0.15) is 0 Å². The van der Waals surface area contributed by atoms with Gasteiger partial charge >= 0.3 is 236 Å². The van der Waals surface area contributed by atoms with Gasteiger partial charge < -0.3 is 0 Å². The van der Waals surface area contributed by atoms with Crippen LogP contribution in [0.2, 0.25) is 0 Å². The van der Waals surface area contributed by atoms with Crippen LogP contribution in [0.4, 0.5) is 0 Å². The van der Waals surface area contributed by atoms with Crippen molar-refractivity contribution in [1.82, 2.24) is 0 Å². The monoisotopic (exact) mass is 630 g/mol. The maximum absolute atomic E-state index is 5.78. The van der Waals surface area contributed by atoms with Gasteiger partial charge in [-0.2, -0.15) is 0 Å². The van der Waals surface area contributed by atoms with Crippen LogP contribution >= 0.6 is 40.3 Å². The van der Waals surface area contributed by atoms with Gasteiger partial charge in [0.15, 0.2) is 0 Å². The summed E-state index contributed by atoms with van der Waals surface area (Å²) in [6.07, 6.45) is 0. The zero-order chi connectivity index (χ0) is 26.1. The van der Waals surface area contributed by atoms with Gasteiger partial charge in [-0.05, 0) is 0 Å². The van der Waals surface area contributed by atoms with E-state index in [2.05, 4.69) is 48.5 Å². The number of para-hydroxylation sites is 4. The van der Waals surface area contributed by atoms with Gasteiger partial charge in [0.1, 0.15) is 0 Å². The number of methoxy groups -OCH3 is 4. The Labute approximate surface area is 234 Å². The fourth-order valence-corrected chi connectivity index (χ4v) is 39.7. The first kappa shape index (κ1) is 28.0. The Morgan fingerprint density at radius 2 is 0.595 bits per heavy atom. The molecule has 0 atom stereocenters. The first-order valence-corrected chi connectivity index (χ1v) is 24.9. The first-order valence-electron chi connectivity index (χ1n) is 11.4. The summed E-state index contributed by atoms with van der Waals surface area (Å²) in [5, 5.41) is 0. The average molecular weight is 629 g/mol. The molecule has 0 N–H and O–H groups in total.